The lowest BCUT2D eigenvalue weighted by Crippen LogP contribution is -2.69. The zero-order valence-electron chi connectivity index (χ0n) is 27.4. The van der Waals surface area contributed by atoms with Crippen LogP contribution in [0.2, 0.25) is 0 Å². The fraction of sp³-hybridized carbons (Fsp3) is 0.929. The SMILES string of the molecule is CC(=O)N[C@@H]1[C@@H](O[C@@H]2O[C@H](CO)[C@H](O)[C@H](O[C@@H]3O[C@H](CO)[C@@H](O)[C@H](O)[C@H]3NC(C)=O)[C@H]2O)[C@@H](O)[C@@H](CO[C@@H]2O[C@H](CO)[C@H](O)[C@H](O)[C@H]2O)O[C@@H]1O. The molecule has 4 fully saturated rings. The highest BCUT2D eigenvalue weighted by Gasteiger charge is 2.54. The fourth-order valence-electron chi connectivity index (χ4n) is 6.24. The van der Waals surface area contributed by atoms with Crippen molar-refractivity contribution in [1.29, 1.82) is 0 Å². The van der Waals surface area contributed by atoms with Crippen molar-refractivity contribution in [3.05, 3.63) is 0 Å². The molecule has 0 unspecified atom stereocenters. The van der Waals surface area contributed by atoms with Gasteiger partial charge in [0.05, 0.1) is 26.4 Å². The molecule has 14 N–H and O–H groups in total. The van der Waals surface area contributed by atoms with Gasteiger partial charge in [0.15, 0.2) is 25.2 Å². The van der Waals surface area contributed by atoms with Gasteiger partial charge in [-0.05, 0) is 0 Å². The second-order valence-electron chi connectivity index (χ2n) is 12.7. The Kier molecular flexibility index (Phi) is 14.8. The third kappa shape index (κ3) is 9.29. The van der Waals surface area contributed by atoms with Gasteiger partial charge < -0.3 is 105 Å². The highest BCUT2D eigenvalue weighted by atomic mass is 16.7. The van der Waals surface area contributed by atoms with Gasteiger partial charge in [0.1, 0.15) is 97.5 Å². The van der Waals surface area contributed by atoms with E-state index in [2.05, 4.69) is 10.6 Å². The van der Waals surface area contributed by atoms with Crippen LogP contribution in [0.4, 0.5) is 0 Å². The van der Waals surface area contributed by atoms with E-state index in [1.165, 1.54) is 0 Å². The first-order chi connectivity index (χ1) is 24.0. The zero-order valence-corrected chi connectivity index (χ0v) is 27.4. The number of hydrogen-bond donors (Lipinski definition) is 14. The summed E-state index contributed by atoms with van der Waals surface area (Å²) in [6.45, 7) is -1.03. The van der Waals surface area contributed by atoms with E-state index in [1.807, 2.05) is 0 Å². The molecule has 4 saturated heterocycles. The van der Waals surface area contributed by atoms with Crippen LogP contribution in [0.1, 0.15) is 13.8 Å². The molecule has 0 aromatic carbocycles. The molecule has 4 rings (SSSR count). The molecule has 0 radical (unpaired) electrons. The maximum absolute atomic E-state index is 12.0. The van der Waals surface area contributed by atoms with Gasteiger partial charge in [0.2, 0.25) is 11.8 Å². The first-order valence-electron chi connectivity index (χ1n) is 16.1. The molecule has 2 amide bonds. The van der Waals surface area contributed by atoms with E-state index in [0.29, 0.717) is 0 Å². The summed E-state index contributed by atoms with van der Waals surface area (Å²) in [4.78, 5) is 23.9. The second kappa shape index (κ2) is 18.0. The third-order valence-corrected chi connectivity index (χ3v) is 8.99. The average molecular weight is 749 g/mol. The number of amides is 2. The quantitative estimate of drug-likeness (QED) is 0.0881. The highest BCUT2D eigenvalue weighted by Crippen LogP contribution is 2.33. The van der Waals surface area contributed by atoms with Crippen molar-refractivity contribution in [3.8, 4) is 0 Å². The number of rotatable bonds is 12. The maximum atomic E-state index is 12.0. The van der Waals surface area contributed by atoms with Gasteiger partial charge in [-0.25, -0.2) is 0 Å². The van der Waals surface area contributed by atoms with Crippen molar-refractivity contribution in [1.82, 2.24) is 10.6 Å². The summed E-state index contributed by atoms with van der Waals surface area (Å²) < 4.78 is 38.8. The van der Waals surface area contributed by atoms with Gasteiger partial charge in [0, 0.05) is 13.8 Å². The Bertz CT molecular complexity index is 1140. The molecule has 0 aromatic heterocycles. The van der Waals surface area contributed by atoms with E-state index in [0.717, 1.165) is 13.8 Å². The zero-order chi connectivity index (χ0) is 37.9. The lowest BCUT2D eigenvalue weighted by atomic mass is 9.94. The summed E-state index contributed by atoms with van der Waals surface area (Å²) in [5.41, 5.74) is 0. The predicted molar refractivity (Wildman–Crippen MR) is 157 cm³/mol. The molecule has 4 aliphatic heterocycles. The predicted octanol–water partition coefficient (Wildman–Crippen LogP) is -9.46. The van der Waals surface area contributed by atoms with Crippen LogP contribution in [0.3, 0.4) is 0 Å². The molecule has 0 aromatic rings. The van der Waals surface area contributed by atoms with E-state index in [4.69, 9.17) is 33.2 Å². The number of aliphatic hydroxyl groups excluding tert-OH is 12. The number of carbonyl (C=O) groups is 2. The summed E-state index contributed by atoms with van der Waals surface area (Å²) >= 11 is 0. The molecule has 4 aliphatic rings. The van der Waals surface area contributed by atoms with Crippen LogP contribution in [0, 0.1) is 0 Å². The van der Waals surface area contributed by atoms with Gasteiger partial charge in [-0.1, -0.05) is 0 Å². The van der Waals surface area contributed by atoms with Crippen LogP contribution in [0.25, 0.3) is 0 Å². The maximum Gasteiger partial charge on any atom is 0.217 e. The number of nitrogens with one attached hydrogen (secondary N) is 2. The van der Waals surface area contributed by atoms with Crippen LogP contribution in [0.15, 0.2) is 0 Å². The van der Waals surface area contributed by atoms with Crippen LogP contribution in [-0.4, -0.2) is 222 Å². The molecular formula is C28H48N2O21. The summed E-state index contributed by atoms with van der Waals surface area (Å²) in [5.74, 6) is -1.43. The Balaban J connectivity index is 1.55. The Morgan fingerprint density at radius 1 is 0.510 bits per heavy atom. The molecular weight excluding hydrogens is 700 g/mol. The topological polar surface area (TPSA) is 366 Å². The van der Waals surface area contributed by atoms with Crippen molar-refractivity contribution < 1.29 is 104 Å². The van der Waals surface area contributed by atoms with E-state index in [9.17, 15) is 70.9 Å². The Morgan fingerprint density at radius 2 is 0.980 bits per heavy atom. The van der Waals surface area contributed by atoms with Crippen LogP contribution in [-0.2, 0) is 42.7 Å². The third-order valence-electron chi connectivity index (χ3n) is 8.99. The van der Waals surface area contributed by atoms with E-state index in [-0.39, 0.29) is 0 Å². The molecule has 296 valence electrons. The summed E-state index contributed by atoms with van der Waals surface area (Å²) in [6, 6.07) is -3.07. The van der Waals surface area contributed by atoms with Crippen molar-refractivity contribution in [2.75, 3.05) is 26.4 Å². The van der Waals surface area contributed by atoms with E-state index in [1.54, 1.807) is 0 Å². The molecule has 0 aliphatic carbocycles. The minimum absolute atomic E-state index is 0.699. The van der Waals surface area contributed by atoms with E-state index >= 15 is 0 Å². The number of carbonyl (C=O) groups excluding carboxylic acids is 2. The van der Waals surface area contributed by atoms with Crippen LogP contribution in [0.5, 0.6) is 0 Å². The first-order valence-corrected chi connectivity index (χ1v) is 16.1. The Morgan fingerprint density at radius 3 is 1.55 bits per heavy atom. The monoisotopic (exact) mass is 748 g/mol. The van der Waals surface area contributed by atoms with Crippen LogP contribution >= 0.6 is 0 Å². The smallest absolute Gasteiger partial charge is 0.217 e. The largest absolute Gasteiger partial charge is 0.394 e. The number of hydrogen-bond acceptors (Lipinski definition) is 21. The lowest BCUT2D eigenvalue weighted by Gasteiger charge is -2.49. The Hall–Kier alpha value is -1.82. The van der Waals surface area contributed by atoms with Gasteiger partial charge in [0.25, 0.3) is 0 Å². The van der Waals surface area contributed by atoms with Crippen LogP contribution < -0.4 is 10.6 Å². The standard InChI is InChI=1S/C28H48N2O21/c1-7(34)29-13-19(40)15(36)9(3-31)47-26(13)51-24-17(38)11(5-33)49-28(22(24)43)50-23-14(30-8(2)35)25(44)46-12(18(23)39)6-45-27-21(42)20(41)16(37)10(4-32)48-27/h9-28,31-33,36-44H,3-6H2,1-2H3,(H,29,34)(H,30,35)/t9-,10-,11-,12-,13-,14-,15-,16+,17+,18+,19-,20+,21-,22-,23-,24+,25+,26+,27-,28+/m1/s1. The minimum atomic E-state index is -2.05. The summed E-state index contributed by atoms with van der Waals surface area (Å²) in [7, 11) is 0. The van der Waals surface area contributed by atoms with Crippen molar-refractivity contribution in [2.45, 2.75) is 137 Å². The van der Waals surface area contributed by atoms with Gasteiger partial charge in [-0.15, -0.1) is 0 Å². The molecule has 0 saturated carbocycles. The number of ether oxygens (including phenoxy) is 7. The van der Waals surface area contributed by atoms with Gasteiger partial charge >= 0.3 is 0 Å². The van der Waals surface area contributed by atoms with Crippen molar-refractivity contribution >= 4 is 11.8 Å². The van der Waals surface area contributed by atoms with Gasteiger partial charge in [-0.2, -0.15) is 0 Å². The highest BCUT2D eigenvalue weighted by molar-refractivity contribution is 5.73. The Labute approximate surface area is 289 Å². The summed E-state index contributed by atoms with van der Waals surface area (Å²) in [6.07, 6.45) is -31.2. The molecule has 20 atom stereocenters. The minimum Gasteiger partial charge on any atom is -0.394 e. The molecule has 4 heterocycles. The first kappa shape index (κ1) is 41.9. The normalized spacial score (nSPS) is 47.8. The molecule has 23 nitrogen and oxygen atoms in total. The second-order valence-corrected chi connectivity index (χ2v) is 12.7. The fourth-order valence-corrected chi connectivity index (χ4v) is 6.24. The average Bonchev–Trinajstić information content (AvgIpc) is 3.08. The summed E-state index contributed by atoms with van der Waals surface area (Å²) in [5, 5.41) is 130. The lowest BCUT2D eigenvalue weighted by molar-refractivity contribution is -0.367. The van der Waals surface area contributed by atoms with Crippen molar-refractivity contribution in [3.63, 3.8) is 0 Å². The van der Waals surface area contributed by atoms with E-state index < -0.39 is 161 Å². The van der Waals surface area contributed by atoms with Gasteiger partial charge in [-0.3, -0.25) is 9.59 Å². The molecule has 51 heavy (non-hydrogen) atoms. The van der Waals surface area contributed by atoms with Crippen molar-refractivity contribution in [2.24, 2.45) is 0 Å². The molecule has 0 spiro atoms. The molecule has 23 heteroatoms. The number of aliphatic hydroxyl groups is 12. The molecule has 0 bridgehead atoms.